The Morgan fingerprint density at radius 3 is 1.80 bits per heavy atom. The van der Waals surface area contributed by atoms with Crippen molar-refractivity contribution in [3.05, 3.63) is 176 Å². The lowest BCUT2D eigenvalue weighted by Crippen LogP contribution is -2.65. The second-order valence-corrected chi connectivity index (χ2v) is 41.8. The summed E-state index contributed by atoms with van der Waals surface area (Å²) in [6, 6.07) is 12.1. The van der Waals surface area contributed by atoms with E-state index in [9.17, 15) is 98.9 Å². The van der Waals surface area contributed by atoms with Crippen LogP contribution in [0.5, 0.6) is 46.0 Å². The number of amides is 9. The molecular formula is C93H110Cl3N11O34P2. The molecule has 7 aromatic carbocycles. The number of halogens is 3. The monoisotopic (exact) mass is 2090 g/mol. The highest BCUT2D eigenvalue weighted by atomic mass is 35.5. The number of likely N-dealkylation sites (N-methyl/N-ethyl adjacent to an activating group) is 1. The zero-order valence-electron chi connectivity index (χ0n) is 77.5. The van der Waals surface area contributed by atoms with Gasteiger partial charge in [-0.05, 0) is 159 Å². The van der Waals surface area contributed by atoms with E-state index in [1.807, 2.05) is 36.4 Å². The summed E-state index contributed by atoms with van der Waals surface area (Å²) in [4.78, 5) is 189. The summed E-state index contributed by atoms with van der Waals surface area (Å²) in [7, 11) is -10.0. The maximum Gasteiger partial charge on any atom is 0.360 e. The second kappa shape index (κ2) is 44.7. The van der Waals surface area contributed by atoms with E-state index in [2.05, 4.69) is 37.2 Å². The van der Waals surface area contributed by atoms with Gasteiger partial charge in [0.2, 0.25) is 70.7 Å². The van der Waals surface area contributed by atoms with Crippen molar-refractivity contribution in [1.82, 2.24) is 47.4 Å². The molecule has 22 atom stereocenters. The first-order valence-corrected chi connectivity index (χ1v) is 49.5. The molecule has 15 rings (SSSR count). The highest BCUT2D eigenvalue weighted by molar-refractivity contribution is 7.70. The number of carboxylic acid groups (broad SMARTS) is 1. The van der Waals surface area contributed by atoms with Crippen LogP contribution < -0.4 is 68.2 Å². The largest absolute Gasteiger partial charge is 0.508 e. The molecule has 143 heavy (non-hydrogen) atoms. The van der Waals surface area contributed by atoms with E-state index in [0.717, 1.165) is 94.4 Å². The molecule has 0 aliphatic carbocycles. The van der Waals surface area contributed by atoms with Crippen LogP contribution >= 0.6 is 50.0 Å². The number of primary amides is 1. The number of rotatable bonds is 27. The van der Waals surface area contributed by atoms with Crippen LogP contribution in [0.3, 0.4) is 0 Å². The Hall–Kier alpha value is -11.3. The molecule has 0 spiro atoms. The van der Waals surface area contributed by atoms with E-state index in [1.165, 1.54) is 33.9 Å². The fourth-order valence-electron chi connectivity index (χ4n) is 17.7. The number of phenolic OH excluding ortho intramolecular Hbond substituents is 3. The van der Waals surface area contributed by atoms with Gasteiger partial charge in [-0.15, -0.1) is 0 Å². The number of nitrogens with zero attached hydrogens (tertiary/aromatic N) is 1. The molecule has 8 aliphatic heterocycles. The van der Waals surface area contributed by atoms with Gasteiger partial charge in [-0.2, -0.15) is 0 Å². The molecule has 26 N–H and O–H groups in total. The predicted molar refractivity (Wildman–Crippen MR) is 503 cm³/mol. The quantitative estimate of drug-likeness (QED) is 0.0255. The predicted octanol–water partition coefficient (Wildman–Crippen LogP) is 4.05. The van der Waals surface area contributed by atoms with Crippen LogP contribution in [-0.4, -0.2) is 257 Å². The van der Waals surface area contributed by atoms with Crippen LogP contribution in [0.15, 0.2) is 127 Å². The molecular weight excluding hydrogens is 1980 g/mol. The number of phenols is 3. The van der Waals surface area contributed by atoms with Crippen LogP contribution in [0, 0.1) is 5.92 Å². The van der Waals surface area contributed by atoms with Crippen molar-refractivity contribution in [3.8, 4) is 68.2 Å². The number of hydrogen-bond acceptors (Lipinski definition) is 31. The lowest BCUT2D eigenvalue weighted by atomic mass is 9.84. The number of aliphatic hydroxyl groups is 6. The van der Waals surface area contributed by atoms with Gasteiger partial charge in [0.15, 0.2) is 36.2 Å². The van der Waals surface area contributed by atoms with Crippen molar-refractivity contribution < 1.29 is 166 Å². The molecule has 0 aromatic heterocycles. The Bertz CT molecular complexity index is 6070. The average Bonchev–Trinajstić information content (AvgIpc) is 0.759. The maximum atomic E-state index is 16.7. The number of fused-ring (bicyclic) bond motifs is 15. The maximum absolute atomic E-state index is 16.7. The zero-order chi connectivity index (χ0) is 104. The number of carbonyl (C=O) groups is 10. The number of benzene rings is 7. The van der Waals surface area contributed by atoms with E-state index in [1.54, 1.807) is 38.2 Å². The van der Waals surface area contributed by atoms with E-state index in [0.29, 0.717) is 5.02 Å². The van der Waals surface area contributed by atoms with Crippen molar-refractivity contribution >= 4 is 109 Å². The van der Waals surface area contributed by atoms with Crippen LogP contribution in [0.2, 0.25) is 15.1 Å². The molecule has 0 radical (unpaired) electrons. The van der Waals surface area contributed by atoms with E-state index >= 15 is 28.8 Å². The van der Waals surface area contributed by atoms with E-state index in [-0.39, 0.29) is 43.4 Å². The Kier molecular flexibility index (Phi) is 34.1. The van der Waals surface area contributed by atoms with Gasteiger partial charge >= 0.3 is 21.2 Å². The average molecular weight is 2090 g/mol. The summed E-state index contributed by atoms with van der Waals surface area (Å²) in [5.41, 5.74) is 6.04. The van der Waals surface area contributed by atoms with Crippen LogP contribution in [0.25, 0.3) is 22.3 Å². The lowest BCUT2D eigenvalue weighted by Gasteiger charge is -2.48. The van der Waals surface area contributed by atoms with Gasteiger partial charge in [-0.3, -0.25) is 52.3 Å². The number of unbranched alkanes of at least 4 members (excludes halogenated alkanes) is 1. The van der Waals surface area contributed by atoms with Crippen molar-refractivity contribution in [1.29, 1.82) is 0 Å². The zero-order valence-corrected chi connectivity index (χ0v) is 81.5. The van der Waals surface area contributed by atoms with Gasteiger partial charge in [0, 0.05) is 78.1 Å². The van der Waals surface area contributed by atoms with Crippen molar-refractivity contribution in [2.45, 2.75) is 238 Å². The standard InChI is InChI=1S/C93H110Cl3N11O34P2/c1-39(2)26-56(107(7)66(114)11-9-8-10-65(113)101-91(142(128,129)130)143(131,132)133)84(121)105-73-75(115)46-19-24-59(53(95)28-46)136-61-30-48-31-62(79(61)141-90-80(77(117)76(116)63(38-108)138-90)140-68-36-93(6,82(119)41(4)135-68)99-37-42-12-14-43(15-13-42)44-16-21-49(94)22-17-44)137-60-25-20-47(29-54(60)96)78(139-67-35-92(5,98)81(118)40(3)134-67)74-88(125)104-72(89(126)127)52-32-50(109)33-58(111)69(52)51-27-45(18-23-57(51)110)70(85(122)106-74)103-86(123)71(48)102-83(120)55(34-64(97)112)100-87(73)124/h12-25,27-33,39-41,55-56,63,67-68,70-78,80-82,90-91,99,108-111,115-119H,8-11,26,34-38,98H2,1-7H3,(H2,97,112)(H,100,124)(H,101,113)(H,102,120)(H,103,123)(H,104,125)(H,105,121)(H,106,122)(H,126,127)(H2,128,129,130)(H2,131,132,133)/t40-,41-,55-,56+,63+,67-,68-,70+,71+,72-,73+,74-,75+,76+,77-,78+,80+,81-,82-,90?,92-,93-/m0/s1. The van der Waals surface area contributed by atoms with Crippen LogP contribution in [0.1, 0.15) is 157 Å². The Morgan fingerprint density at radius 2 is 1.20 bits per heavy atom. The number of carboxylic acids is 1. The molecule has 3 fully saturated rings. The van der Waals surface area contributed by atoms with Gasteiger partial charge < -0.3 is 167 Å². The first-order chi connectivity index (χ1) is 67.2. The van der Waals surface area contributed by atoms with Crippen molar-refractivity contribution in [3.63, 3.8) is 0 Å². The third-order valence-corrected chi connectivity index (χ3v) is 29.6. The fourth-order valence-corrected chi connectivity index (χ4v) is 20.5. The second-order valence-electron chi connectivity index (χ2n) is 36.7. The number of nitrogens with one attached hydrogen (secondary N) is 8. The minimum absolute atomic E-state index is 0.150. The molecule has 50 heteroatoms. The minimum atomic E-state index is -5.61. The first kappa shape index (κ1) is 109. The van der Waals surface area contributed by atoms with Crippen molar-refractivity contribution in [2.24, 2.45) is 17.4 Å². The van der Waals surface area contributed by atoms with Gasteiger partial charge in [0.25, 0.3) is 0 Å². The Labute approximate surface area is 831 Å². The summed E-state index contributed by atoms with van der Waals surface area (Å²) in [6.07, 6.45) is -26.1. The van der Waals surface area contributed by atoms with Gasteiger partial charge in [0.05, 0.1) is 47.5 Å². The molecule has 1 unspecified atom stereocenters. The number of aliphatic carboxylic acids is 1. The van der Waals surface area contributed by atoms with Crippen molar-refractivity contribution in [2.75, 3.05) is 13.7 Å². The topological polar surface area (TPSA) is 713 Å². The number of nitrogens with two attached hydrogens (primary N) is 2. The van der Waals surface area contributed by atoms with Crippen LogP contribution in [0.4, 0.5) is 0 Å². The number of hydrogen-bond donors (Lipinski definition) is 24. The fraction of sp³-hybridized carbons (Fsp3) is 0.441. The number of carbonyl (C=O) groups excluding carboxylic acids is 9. The summed E-state index contributed by atoms with van der Waals surface area (Å²) < 4.78 is 76.7. The Morgan fingerprint density at radius 1 is 0.629 bits per heavy atom. The first-order valence-electron chi connectivity index (χ1n) is 45.0. The number of aromatic hydroxyl groups is 3. The third kappa shape index (κ3) is 25.3. The molecule has 8 aliphatic rings. The number of aliphatic hydroxyl groups excluding tert-OH is 6. The Balaban J connectivity index is 0.976. The normalized spacial score (nSPS) is 27.7. The highest BCUT2D eigenvalue weighted by Crippen LogP contribution is 2.59. The molecule has 11 bridgehead atoms. The van der Waals surface area contributed by atoms with Gasteiger partial charge in [-0.25, -0.2) is 4.79 Å². The minimum Gasteiger partial charge on any atom is -0.508 e. The van der Waals surface area contributed by atoms with Gasteiger partial charge in [0.1, 0.15) is 95.5 Å². The molecule has 8 heterocycles. The van der Waals surface area contributed by atoms with E-state index < -0.39 is 335 Å². The highest BCUT2D eigenvalue weighted by Gasteiger charge is 2.54. The van der Waals surface area contributed by atoms with Gasteiger partial charge in [-0.1, -0.05) is 103 Å². The molecule has 9 amide bonds. The molecule has 772 valence electrons. The molecule has 7 aromatic rings. The number of ether oxygens (including phenoxy) is 8. The SMILES string of the molecule is CC(C)C[C@H](C(=O)N[C@H]1C(=O)N[C@@H](CC(N)=O)C(=O)N[C@H]2C(=O)N[C@H]3C(=O)N[C@H](C(=O)N[C@H](C(=O)O)c4cc(O)cc(O)c4-c4cc3ccc4O)[C@H](O[C@H]3C[C@](C)(N)[C@@H](O)[C@H](C)O3)c3ccc(c(Cl)c3)Oc3cc2cc(c3OC2O[C@H](CO)[C@@H](O)[C@H](O)[C@H]2O[C@H]2C[C@](C)(NCc3ccc(-c4ccc(Cl)cc4)cc3)[C@@H](O)[C@H](C)O2)Oc2ccc(cc2Cl)[C@H]1O)N(C)C(=O)CCCCC(=O)NC(P(=O)(O)O)P(=O)(O)O. The summed E-state index contributed by atoms with van der Waals surface area (Å²) in [5, 5.41) is 137. The molecule has 3 saturated heterocycles. The van der Waals surface area contributed by atoms with E-state index in [4.69, 9.17) is 84.2 Å². The summed E-state index contributed by atoms with van der Waals surface area (Å²) in [5.74, 6) is -20.1. The summed E-state index contributed by atoms with van der Waals surface area (Å²) >= 11 is 20.9. The smallest absolute Gasteiger partial charge is 0.360 e. The van der Waals surface area contributed by atoms with Crippen LogP contribution in [-0.2, 0) is 87.3 Å². The molecule has 0 saturated carbocycles. The lowest BCUT2D eigenvalue weighted by molar-refractivity contribution is -0.334. The third-order valence-electron chi connectivity index (χ3n) is 25.4. The summed E-state index contributed by atoms with van der Waals surface area (Å²) in [6.45, 7) is 8.47. The molecule has 45 nitrogen and oxygen atoms in total.